The number of carboxylic acids is 1. The number of ether oxygens (including phenoxy) is 1. The van der Waals surface area contributed by atoms with E-state index in [1.54, 1.807) is 18.2 Å². The summed E-state index contributed by atoms with van der Waals surface area (Å²) in [5.41, 5.74) is 1.22. The Labute approximate surface area is 140 Å². The minimum absolute atomic E-state index is 0.0681. The number of methoxy groups -OCH3 is 1. The first-order valence-corrected chi connectivity index (χ1v) is 8.51. The van der Waals surface area contributed by atoms with E-state index in [-0.39, 0.29) is 17.2 Å². The van der Waals surface area contributed by atoms with Gasteiger partial charge in [-0.05, 0) is 29.3 Å². The van der Waals surface area contributed by atoms with Crippen molar-refractivity contribution in [1.29, 1.82) is 0 Å². The van der Waals surface area contributed by atoms with Gasteiger partial charge in [0.25, 0.3) is 0 Å². The number of sulfonamides is 1. The van der Waals surface area contributed by atoms with Gasteiger partial charge in [0, 0.05) is 6.54 Å². The summed E-state index contributed by atoms with van der Waals surface area (Å²) in [5.74, 6) is -1.20. The van der Waals surface area contributed by atoms with Gasteiger partial charge < -0.3 is 14.6 Å². The SMILES string of the molecule is COc1ccc(C=CC(=O)[O-])cc1S(=O)(=O)NCc1ccccc1. The molecule has 0 atom stereocenters. The van der Waals surface area contributed by atoms with Gasteiger partial charge in [0.2, 0.25) is 10.0 Å². The summed E-state index contributed by atoms with van der Waals surface area (Å²) in [6.07, 6.45) is 2.08. The van der Waals surface area contributed by atoms with Gasteiger partial charge in [0.15, 0.2) is 0 Å². The summed E-state index contributed by atoms with van der Waals surface area (Å²) in [6, 6.07) is 13.4. The molecule has 1 N–H and O–H groups in total. The van der Waals surface area contributed by atoms with Crippen molar-refractivity contribution in [2.45, 2.75) is 11.4 Å². The van der Waals surface area contributed by atoms with Gasteiger partial charge in [-0.3, -0.25) is 0 Å². The second-order valence-corrected chi connectivity index (χ2v) is 6.61. The second-order valence-electron chi connectivity index (χ2n) is 4.87. The van der Waals surface area contributed by atoms with Crippen LogP contribution in [0.2, 0.25) is 0 Å². The number of benzene rings is 2. The molecule has 0 radical (unpaired) electrons. The average Bonchev–Trinajstić information content (AvgIpc) is 2.59. The maximum absolute atomic E-state index is 12.5. The number of aliphatic carboxylic acids is 1. The average molecular weight is 346 g/mol. The van der Waals surface area contributed by atoms with Crippen molar-refractivity contribution in [3.05, 3.63) is 65.7 Å². The van der Waals surface area contributed by atoms with Crippen LogP contribution in [-0.2, 0) is 21.4 Å². The Bertz CT molecular complexity index is 845. The van der Waals surface area contributed by atoms with E-state index in [0.29, 0.717) is 5.56 Å². The summed E-state index contributed by atoms with van der Waals surface area (Å²) in [4.78, 5) is 10.4. The predicted molar refractivity (Wildman–Crippen MR) is 87.5 cm³/mol. The first-order valence-electron chi connectivity index (χ1n) is 7.03. The topological polar surface area (TPSA) is 95.5 Å². The fourth-order valence-corrected chi connectivity index (χ4v) is 3.24. The molecule has 0 amide bonds. The van der Waals surface area contributed by atoms with Crippen LogP contribution in [0.15, 0.2) is 59.5 Å². The lowest BCUT2D eigenvalue weighted by Crippen LogP contribution is -2.23. The molecule has 0 aliphatic heterocycles. The van der Waals surface area contributed by atoms with Crippen LogP contribution >= 0.6 is 0 Å². The van der Waals surface area contributed by atoms with Gasteiger partial charge in [-0.2, -0.15) is 0 Å². The third-order valence-corrected chi connectivity index (χ3v) is 4.62. The van der Waals surface area contributed by atoms with Gasteiger partial charge in [-0.15, -0.1) is 0 Å². The van der Waals surface area contributed by atoms with Gasteiger partial charge in [0.05, 0.1) is 13.1 Å². The Kier molecular flexibility index (Phi) is 5.73. The van der Waals surface area contributed by atoms with Crippen molar-refractivity contribution in [2.75, 3.05) is 7.11 Å². The van der Waals surface area contributed by atoms with Crippen LogP contribution in [0, 0.1) is 0 Å². The molecule has 0 bridgehead atoms. The van der Waals surface area contributed by atoms with E-state index in [1.165, 1.54) is 25.3 Å². The highest BCUT2D eigenvalue weighted by Gasteiger charge is 2.19. The number of carboxylic acid groups (broad SMARTS) is 1. The van der Waals surface area contributed by atoms with Crippen molar-refractivity contribution >= 4 is 22.1 Å². The molecule has 0 heterocycles. The third kappa shape index (κ3) is 4.68. The zero-order valence-corrected chi connectivity index (χ0v) is 13.7. The number of nitrogens with one attached hydrogen (secondary N) is 1. The summed E-state index contributed by atoms with van der Waals surface area (Å²) in [5, 5.41) is 10.5. The molecule has 2 aromatic rings. The fourth-order valence-electron chi connectivity index (χ4n) is 2.02. The van der Waals surface area contributed by atoms with E-state index in [9.17, 15) is 18.3 Å². The molecule has 0 spiro atoms. The van der Waals surface area contributed by atoms with Gasteiger partial charge >= 0.3 is 0 Å². The largest absolute Gasteiger partial charge is 0.545 e. The Balaban J connectivity index is 2.29. The molecule has 6 nitrogen and oxygen atoms in total. The van der Waals surface area contributed by atoms with Gasteiger partial charge in [0.1, 0.15) is 10.6 Å². The first-order chi connectivity index (χ1) is 11.4. The molecular weight excluding hydrogens is 330 g/mol. The van der Waals surface area contributed by atoms with Crippen LogP contribution in [0.3, 0.4) is 0 Å². The van der Waals surface area contributed by atoms with Crippen LogP contribution in [-0.4, -0.2) is 21.5 Å². The minimum Gasteiger partial charge on any atom is -0.545 e. The highest BCUT2D eigenvalue weighted by molar-refractivity contribution is 7.89. The third-order valence-electron chi connectivity index (χ3n) is 3.20. The number of carbonyl (C=O) groups excluding carboxylic acids is 1. The highest BCUT2D eigenvalue weighted by atomic mass is 32.2. The van der Waals surface area contributed by atoms with E-state index in [1.807, 2.05) is 18.2 Å². The van der Waals surface area contributed by atoms with E-state index in [4.69, 9.17) is 4.74 Å². The Hall–Kier alpha value is -2.64. The second kappa shape index (κ2) is 7.76. The Morgan fingerprint density at radius 3 is 2.54 bits per heavy atom. The van der Waals surface area contributed by atoms with Crippen LogP contribution < -0.4 is 14.6 Å². The predicted octanol–water partition coefficient (Wildman–Crippen LogP) is 0.937. The van der Waals surface area contributed by atoms with Crippen molar-refractivity contribution in [1.82, 2.24) is 4.72 Å². The molecule has 0 aliphatic rings. The van der Waals surface area contributed by atoms with Gasteiger partial charge in [-0.25, -0.2) is 13.1 Å². The van der Waals surface area contributed by atoms with Crippen molar-refractivity contribution in [2.24, 2.45) is 0 Å². The number of hydrogen-bond donors (Lipinski definition) is 1. The lowest BCUT2D eigenvalue weighted by molar-refractivity contribution is -0.297. The van der Waals surface area contributed by atoms with Crippen molar-refractivity contribution in [3.8, 4) is 5.75 Å². The molecule has 126 valence electrons. The zero-order valence-electron chi connectivity index (χ0n) is 12.9. The van der Waals surface area contributed by atoms with Gasteiger partial charge in [-0.1, -0.05) is 42.5 Å². The van der Waals surface area contributed by atoms with Crippen molar-refractivity contribution < 1.29 is 23.1 Å². The maximum Gasteiger partial charge on any atom is 0.244 e. The Morgan fingerprint density at radius 1 is 1.21 bits per heavy atom. The molecule has 0 aliphatic carbocycles. The highest BCUT2D eigenvalue weighted by Crippen LogP contribution is 2.25. The lowest BCUT2D eigenvalue weighted by Gasteiger charge is -2.12. The summed E-state index contributed by atoms with van der Waals surface area (Å²) >= 11 is 0. The summed E-state index contributed by atoms with van der Waals surface area (Å²) in [7, 11) is -2.47. The lowest BCUT2D eigenvalue weighted by atomic mass is 10.2. The quantitative estimate of drug-likeness (QED) is 0.753. The monoisotopic (exact) mass is 346 g/mol. The molecule has 2 rings (SSSR count). The number of rotatable bonds is 7. The molecule has 0 aromatic heterocycles. The van der Waals surface area contributed by atoms with Crippen molar-refractivity contribution in [3.63, 3.8) is 0 Å². The molecule has 2 aromatic carbocycles. The minimum atomic E-state index is -3.83. The molecule has 0 unspecified atom stereocenters. The molecular formula is C17H16NO5S-. The number of hydrogen-bond acceptors (Lipinski definition) is 5. The van der Waals surface area contributed by atoms with Crippen LogP contribution in [0.1, 0.15) is 11.1 Å². The molecule has 24 heavy (non-hydrogen) atoms. The molecule has 0 saturated heterocycles. The zero-order chi connectivity index (χ0) is 17.6. The van der Waals surface area contributed by atoms with E-state index in [0.717, 1.165) is 11.6 Å². The maximum atomic E-state index is 12.5. The summed E-state index contributed by atoms with van der Waals surface area (Å²) in [6.45, 7) is 0.130. The summed E-state index contributed by atoms with van der Waals surface area (Å²) < 4.78 is 32.7. The van der Waals surface area contributed by atoms with Crippen LogP contribution in [0.4, 0.5) is 0 Å². The standard InChI is InChI=1S/C17H17NO5S/c1-23-15-9-7-13(8-10-17(19)20)11-16(15)24(21,22)18-12-14-5-3-2-4-6-14/h2-11,18H,12H2,1H3,(H,19,20)/p-1. The molecule has 0 fully saturated rings. The molecule has 0 saturated carbocycles. The smallest absolute Gasteiger partial charge is 0.244 e. The van der Waals surface area contributed by atoms with Crippen LogP contribution in [0.5, 0.6) is 5.75 Å². The fraction of sp³-hybridized carbons (Fsp3) is 0.118. The molecule has 7 heteroatoms. The van der Waals surface area contributed by atoms with E-state index >= 15 is 0 Å². The number of carbonyl (C=O) groups is 1. The first kappa shape index (κ1) is 17.7. The van der Waals surface area contributed by atoms with E-state index in [2.05, 4.69) is 4.72 Å². The Morgan fingerprint density at radius 2 is 1.92 bits per heavy atom. The normalized spacial score (nSPS) is 11.5. The van der Waals surface area contributed by atoms with E-state index < -0.39 is 16.0 Å². The van der Waals surface area contributed by atoms with Crippen LogP contribution in [0.25, 0.3) is 6.08 Å².